The lowest BCUT2D eigenvalue weighted by Crippen LogP contribution is -2.49. The molecule has 10 nitrogen and oxygen atoms in total. The summed E-state index contributed by atoms with van der Waals surface area (Å²) in [6, 6.07) is 4.92. The Bertz CT molecular complexity index is 2080. The molecular formula is C37H38F4N6O4. The SMILES string of the molecule is C#Cc1c(F)ccc2cc(O)cc(-c3ncc4c(N5CCCCCN5C(=O)OC(C)(C)C)nc(OCC56CCCN5CC(F)(F)C6)nc4c3F)c12. The average Bonchev–Trinajstić information content (AvgIpc) is 3.41. The van der Waals surface area contributed by atoms with E-state index < -0.39 is 34.8 Å². The van der Waals surface area contributed by atoms with Crippen LogP contribution in [-0.2, 0) is 4.74 Å². The molecule has 3 saturated heterocycles. The largest absolute Gasteiger partial charge is 0.508 e. The van der Waals surface area contributed by atoms with Crippen LogP contribution >= 0.6 is 0 Å². The number of hydrazine groups is 1. The summed E-state index contributed by atoms with van der Waals surface area (Å²) in [5.74, 6) is -2.34. The van der Waals surface area contributed by atoms with Gasteiger partial charge < -0.3 is 14.6 Å². The van der Waals surface area contributed by atoms with Crippen LogP contribution in [0.25, 0.3) is 32.9 Å². The summed E-state index contributed by atoms with van der Waals surface area (Å²) in [7, 11) is 0. The first-order chi connectivity index (χ1) is 24.2. The smallest absolute Gasteiger partial charge is 0.429 e. The first-order valence-electron chi connectivity index (χ1n) is 17.0. The van der Waals surface area contributed by atoms with E-state index >= 15 is 4.39 Å². The van der Waals surface area contributed by atoms with Crippen molar-refractivity contribution >= 4 is 33.6 Å². The lowest BCUT2D eigenvalue weighted by atomic mass is 9.94. The number of phenols is 1. The molecule has 5 heterocycles. The number of amides is 1. The van der Waals surface area contributed by atoms with E-state index in [4.69, 9.17) is 15.9 Å². The summed E-state index contributed by atoms with van der Waals surface area (Å²) in [4.78, 5) is 28.8. The van der Waals surface area contributed by atoms with Crippen LogP contribution < -0.4 is 9.75 Å². The number of halogens is 4. The number of carbonyl (C=O) groups is 1. The molecule has 2 aromatic heterocycles. The zero-order chi connectivity index (χ0) is 36.3. The molecule has 7 rings (SSSR count). The molecule has 2 aromatic carbocycles. The predicted molar refractivity (Wildman–Crippen MR) is 183 cm³/mol. The molecule has 1 amide bonds. The Balaban J connectivity index is 1.40. The van der Waals surface area contributed by atoms with Crippen molar-refractivity contribution < 1.29 is 36.9 Å². The molecule has 1 N–H and O–H groups in total. The molecule has 3 aliphatic rings. The Morgan fingerprint density at radius 2 is 1.86 bits per heavy atom. The Hall–Kier alpha value is -4.90. The highest BCUT2D eigenvalue weighted by atomic mass is 19.3. The fourth-order valence-electron chi connectivity index (χ4n) is 7.56. The number of rotatable bonds is 5. The third-order valence-corrected chi connectivity index (χ3v) is 9.70. The van der Waals surface area contributed by atoms with Gasteiger partial charge in [0.1, 0.15) is 35.0 Å². The van der Waals surface area contributed by atoms with Gasteiger partial charge in [0.15, 0.2) is 11.6 Å². The van der Waals surface area contributed by atoms with E-state index in [0.29, 0.717) is 37.7 Å². The molecule has 0 radical (unpaired) electrons. The van der Waals surface area contributed by atoms with Crippen molar-refractivity contribution in [1.82, 2.24) is 24.9 Å². The maximum atomic E-state index is 17.0. The van der Waals surface area contributed by atoms with Gasteiger partial charge in [-0.05, 0) is 83.0 Å². The Morgan fingerprint density at radius 1 is 1.08 bits per heavy atom. The topological polar surface area (TPSA) is 104 Å². The van der Waals surface area contributed by atoms with Gasteiger partial charge in [-0.1, -0.05) is 12.0 Å². The maximum absolute atomic E-state index is 17.0. The minimum absolute atomic E-state index is 0.0262. The number of aromatic hydroxyl groups is 1. The summed E-state index contributed by atoms with van der Waals surface area (Å²) in [6.07, 6.45) is 9.34. The average molecular weight is 707 g/mol. The number of ether oxygens (including phenoxy) is 2. The number of fused-ring (bicyclic) bond motifs is 3. The standard InChI is InChI=1S/C37H38F4N6O4/c1-5-24-27(38)11-10-22-16-23(48)17-25(28(22)24)30-29(39)31-26(18-42-30)32(46-14-7-6-8-15-47(46)34(49)51-35(2,3)4)44-33(43-31)50-21-36-12-9-13-45(36)20-37(40,41)19-36/h1,10-11,16-18,48H,6-9,12-15,19-21H2,2-4H3. The minimum Gasteiger partial charge on any atom is -0.508 e. The number of pyridine rings is 1. The predicted octanol–water partition coefficient (Wildman–Crippen LogP) is 7.20. The van der Waals surface area contributed by atoms with Gasteiger partial charge in [0.05, 0.1) is 23.0 Å². The van der Waals surface area contributed by atoms with Crippen LogP contribution in [-0.4, -0.2) is 85.9 Å². The van der Waals surface area contributed by atoms with Crippen molar-refractivity contribution in [3.8, 4) is 35.4 Å². The summed E-state index contributed by atoms with van der Waals surface area (Å²) in [6.45, 7) is 5.81. The van der Waals surface area contributed by atoms with Gasteiger partial charge in [-0.3, -0.25) is 14.9 Å². The van der Waals surface area contributed by atoms with Gasteiger partial charge in [-0.15, -0.1) is 6.42 Å². The number of anilines is 1. The van der Waals surface area contributed by atoms with Crippen molar-refractivity contribution in [1.29, 1.82) is 0 Å². The van der Waals surface area contributed by atoms with E-state index in [0.717, 1.165) is 18.9 Å². The fourth-order valence-corrected chi connectivity index (χ4v) is 7.56. The van der Waals surface area contributed by atoms with Crippen LogP contribution in [0.5, 0.6) is 11.8 Å². The molecule has 1 atom stereocenters. The Labute approximate surface area is 292 Å². The Kier molecular flexibility index (Phi) is 8.60. The first kappa shape index (κ1) is 34.5. The molecule has 0 spiro atoms. The van der Waals surface area contributed by atoms with E-state index in [-0.39, 0.29) is 76.8 Å². The van der Waals surface area contributed by atoms with Gasteiger partial charge in [-0.25, -0.2) is 27.4 Å². The highest BCUT2D eigenvalue weighted by Gasteiger charge is 2.57. The number of aromatic nitrogens is 3. The van der Waals surface area contributed by atoms with Gasteiger partial charge in [0.25, 0.3) is 5.92 Å². The van der Waals surface area contributed by atoms with Crippen LogP contribution in [0.4, 0.5) is 28.2 Å². The van der Waals surface area contributed by atoms with Gasteiger partial charge in [0.2, 0.25) is 0 Å². The second-order valence-corrected chi connectivity index (χ2v) is 14.5. The number of phenolic OH excluding ortho intramolecular Hbond substituents is 1. The minimum atomic E-state index is -2.88. The number of terminal acetylenes is 1. The van der Waals surface area contributed by atoms with Crippen molar-refractivity contribution in [2.45, 2.75) is 76.4 Å². The van der Waals surface area contributed by atoms with Crippen LogP contribution in [0.15, 0.2) is 30.5 Å². The third-order valence-electron chi connectivity index (χ3n) is 9.70. The molecule has 1 unspecified atom stereocenters. The molecular weight excluding hydrogens is 668 g/mol. The summed E-state index contributed by atoms with van der Waals surface area (Å²) in [5, 5.41) is 14.2. The lowest BCUT2D eigenvalue weighted by molar-refractivity contribution is 0.00801. The van der Waals surface area contributed by atoms with Crippen LogP contribution in [0, 0.1) is 24.0 Å². The van der Waals surface area contributed by atoms with Gasteiger partial charge >= 0.3 is 12.1 Å². The number of alkyl halides is 2. The molecule has 3 fully saturated rings. The maximum Gasteiger partial charge on any atom is 0.429 e. The number of benzene rings is 2. The number of hydrogen-bond donors (Lipinski definition) is 1. The third kappa shape index (κ3) is 6.44. The number of carbonyl (C=O) groups excluding carboxylic acids is 1. The van der Waals surface area contributed by atoms with Crippen molar-refractivity contribution in [3.63, 3.8) is 0 Å². The molecule has 268 valence electrons. The van der Waals surface area contributed by atoms with E-state index in [1.165, 1.54) is 29.4 Å². The molecule has 51 heavy (non-hydrogen) atoms. The molecule has 14 heteroatoms. The molecule has 0 saturated carbocycles. The van der Waals surface area contributed by atoms with E-state index in [1.54, 1.807) is 30.7 Å². The normalized spacial score (nSPS) is 20.7. The fraction of sp³-hybridized carbons (Fsp3) is 0.459. The van der Waals surface area contributed by atoms with Crippen LogP contribution in [0.3, 0.4) is 0 Å². The van der Waals surface area contributed by atoms with Crippen LogP contribution in [0.2, 0.25) is 0 Å². The highest BCUT2D eigenvalue weighted by molar-refractivity contribution is 6.03. The quantitative estimate of drug-likeness (QED) is 0.170. The number of nitrogens with zero attached hydrogens (tertiary/aromatic N) is 6. The van der Waals surface area contributed by atoms with E-state index in [2.05, 4.69) is 20.9 Å². The first-order valence-corrected chi connectivity index (χ1v) is 17.0. The lowest BCUT2D eigenvalue weighted by Gasteiger charge is -2.36. The second kappa shape index (κ2) is 12.7. The monoisotopic (exact) mass is 706 g/mol. The van der Waals surface area contributed by atoms with E-state index in [9.17, 15) is 23.1 Å². The van der Waals surface area contributed by atoms with Gasteiger partial charge in [-0.2, -0.15) is 9.97 Å². The molecule has 0 bridgehead atoms. The summed E-state index contributed by atoms with van der Waals surface area (Å²) in [5.41, 5.74) is -2.39. The number of hydrogen-bond acceptors (Lipinski definition) is 9. The highest BCUT2D eigenvalue weighted by Crippen LogP contribution is 2.46. The van der Waals surface area contributed by atoms with E-state index in [1.807, 2.05) is 0 Å². The summed E-state index contributed by atoms with van der Waals surface area (Å²) >= 11 is 0. The molecule has 0 aliphatic carbocycles. The zero-order valence-electron chi connectivity index (χ0n) is 28.6. The summed E-state index contributed by atoms with van der Waals surface area (Å²) < 4.78 is 73.0. The van der Waals surface area contributed by atoms with Crippen LogP contribution in [0.1, 0.15) is 64.9 Å². The second-order valence-electron chi connectivity index (χ2n) is 14.5. The molecule has 4 aromatic rings. The van der Waals surface area contributed by atoms with Crippen molar-refractivity contribution in [2.24, 2.45) is 0 Å². The zero-order valence-corrected chi connectivity index (χ0v) is 28.6. The van der Waals surface area contributed by atoms with Crippen molar-refractivity contribution in [3.05, 3.63) is 47.7 Å². The molecule has 3 aliphatic heterocycles. The Morgan fingerprint density at radius 3 is 2.63 bits per heavy atom. The van der Waals surface area contributed by atoms with Crippen molar-refractivity contribution in [2.75, 3.05) is 37.8 Å². The van der Waals surface area contributed by atoms with Gasteiger partial charge in [0, 0.05) is 36.7 Å².